The molecule has 1 saturated heterocycles. The topological polar surface area (TPSA) is 58.9 Å². The predicted octanol–water partition coefficient (Wildman–Crippen LogP) is -0.236. The average Bonchev–Trinajstić information content (AvgIpc) is 2.14. The summed E-state index contributed by atoms with van der Waals surface area (Å²) in [6.07, 6.45) is 0.426. The molecule has 0 saturated carbocycles. The van der Waals surface area contributed by atoms with E-state index in [4.69, 9.17) is 5.21 Å². The van der Waals surface area contributed by atoms with Crippen molar-refractivity contribution in [2.45, 2.75) is 6.42 Å². The van der Waals surface area contributed by atoms with Crippen molar-refractivity contribution in [2.24, 2.45) is 5.16 Å². The van der Waals surface area contributed by atoms with Gasteiger partial charge in [-0.1, -0.05) is 5.16 Å². The summed E-state index contributed by atoms with van der Waals surface area (Å²) in [5.41, 5.74) is 0.116. The van der Waals surface area contributed by atoms with Gasteiger partial charge in [0.2, 0.25) is 0 Å². The van der Waals surface area contributed by atoms with Gasteiger partial charge >= 0.3 is 5.97 Å². The zero-order valence-electron chi connectivity index (χ0n) is 4.13. The first-order valence-corrected chi connectivity index (χ1v) is 2.22. The number of carbonyl (C=O) groups is 1. The van der Waals surface area contributed by atoms with Crippen molar-refractivity contribution >= 4 is 11.7 Å². The second kappa shape index (κ2) is 1.81. The summed E-state index contributed by atoms with van der Waals surface area (Å²) in [4.78, 5) is 10.3. The van der Waals surface area contributed by atoms with Crippen LogP contribution in [0.2, 0.25) is 0 Å². The van der Waals surface area contributed by atoms with Gasteiger partial charge in [0, 0.05) is 6.42 Å². The number of carbonyl (C=O) groups excluding carboxylic acids is 1. The number of rotatable bonds is 0. The van der Waals surface area contributed by atoms with Gasteiger partial charge in [-0.15, -0.1) is 0 Å². The van der Waals surface area contributed by atoms with Gasteiger partial charge in [-0.2, -0.15) is 0 Å². The molecule has 0 aromatic carbocycles. The van der Waals surface area contributed by atoms with Crippen LogP contribution in [0.1, 0.15) is 6.42 Å². The van der Waals surface area contributed by atoms with Crippen LogP contribution in [0.4, 0.5) is 0 Å². The lowest BCUT2D eigenvalue weighted by Gasteiger charge is -1.82. The minimum atomic E-state index is -0.507. The molecule has 4 nitrogen and oxygen atoms in total. The van der Waals surface area contributed by atoms with Crippen molar-refractivity contribution in [1.82, 2.24) is 0 Å². The SMILES string of the molecule is O=C1OCCC1=NO. The molecule has 1 fully saturated rings. The maximum Gasteiger partial charge on any atom is 0.356 e. The summed E-state index contributed by atoms with van der Waals surface area (Å²) in [5, 5.41) is 10.7. The highest BCUT2D eigenvalue weighted by Crippen LogP contribution is 1.99. The maximum atomic E-state index is 10.3. The lowest BCUT2D eigenvalue weighted by atomic mass is 10.3. The van der Waals surface area contributed by atoms with Gasteiger partial charge in [-0.05, 0) is 0 Å². The molecule has 1 rings (SSSR count). The van der Waals surface area contributed by atoms with Crippen LogP contribution in [0.15, 0.2) is 5.16 Å². The second-order valence-electron chi connectivity index (χ2n) is 1.43. The zero-order chi connectivity index (χ0) is 5.98. The summed E-state index contributed by atoms with van der Waals surface area (Å²) in [7, 11) is 0. The van der Waals surface area contributed by atoms with Crippen LogP contribution in [0, 0.1) is 0 Å². The zero-order valence-corrected chi connectivity index (χ0v) is 4.13. The first kappa shape index (κ1) is 5.08. The molecule has 1 heterocycles. The number of cyclic esters (lactones) is 1. The molecular weight excluding hydrogens is 110 g/mol. The van der Waals surface area contributed by atoms with Gasteiger partial charge in [0.05, 0.1) is 6.61 Å². The smallest absolute Gasteiger partial charge is 0.356 e. The molecule has 0 aromatic heterocycles. The Hall–Kier alpha value is -1.06. The van der Waals surface area contributed by atoms with Crippen LogP contribution >= 0.6 is 0 Å². The fourth-order valence-corrected chi connectivity index (χ4v) is 0.517. The van der Waals surface area contributed by atoms with Crippen molar-refractivity contribution in [3.63, 3.8) is 0 Å². The summed E-state index contributed by atoms with van der Waals surface area (Å²) in [6, 6.07) is 0. The van der Waals surface area contributed by atoms with Crippen LogP contribution in [0.25, 0.3) is 0 Å². The molecule has 0 spiro atoms. The fourth-order valence-electron chi connectivity index (χ4n) is 0.517. The van der Waals surface area contributed by atoms with Crippen molar-refractivity contribution in [3.8, 4) is 0 Å². The maximum absolute atomic E-state index is 10.3. The van der Waals surface area contributed by atoms with E-state index in [1.54, 1.807) is 0 Å². The van der Waals surface area contributed by atoms with E-state index in [2.05, 4.69) is 9.89 Å². The molecule has 0 aliphatic carbocycles. The second-order valence-corrected chi connectivity index (χ2v) is 1.43. The van der Waals surface area contributed by atoms with Gasteiger partial charge in [0.1, 0.15) is 0 Å². The van der Waals surface area contributed by atoms with Gasteiger partial charge in [-0.3, -0.25) is 0 Å². The molecule has 0 bridgehead atoms. The molecule has 1 aliphatic rings. The third-order valence-electron chi connectivity index (χ3n) is 0.928. The number of hydrogen-bond donors (Lipinski definition) is 1. The number of esters is 1. The number of nitrogens with zero attached hydrogens (tertiary/aromatic N) is 1. The minimum absolute atomic E-state index is 0.116. The number of ether oxygens (including phenoxy) is 1. The van der Waals surface area contributed by atoms with Crippen LogP contribution in [0.5, 0.6) is 0 Å². The van der Waals surface area contributed by atoms with Crippen LogP contribution in [0.3, 0.4) is 0 Å². The number of oxime groups is 1. The Bertz CT molecular complexity index is 140. The average molecular weight is 115 g/mol. The molecule has 1 N–H and O–H groups in total. The molecule has 0 radical (unpaired) electrons. The molecule has 1 aliphatic heterocycles. The van der Waals surface area contributed by atoms with E-state index in [0.29, 0.717) is 13.0 Å². The lowest BCUT2D eigenvalue weighted by molar-refractivity contribution is -0.132. The Morgan fingerprint density at radius 2 is 2.50 bits per heavy atom. The van der Waals surface area contributed by atoms with E-state index in [1.165, 1.54) is 0 Å². The van der Waals surface area contributed by atoms with Crippen molar-refractivity contribution in [1.29, 1.82) is 0 Å². The molecule has 4 heteroatoms. The molecule has 0 unspecified atom stereocenters. The van der Waals surface area contributed by atoms with E-state index in [0.717, 1.165) is 0 Å². The Balaban J connectivity index is 2.69. The van der Waals surface area contributed by atoms with Crippen LogP contribution < -0.4 is 0 Å². The quantitative estimate of drug-likeness (QED) is 0.269. The summed E-state index contributed by atoms with van der Waals surface area (Å²) in [6.45, 7) is 0.345. The lowest BCUT2D eigenvalue weighted by Crippen LogP contribution is -2.04. The predicted molar refractivity (Wildman–Crippen MR) is 24.8 cm³/mol. The van der Waals surface area contributed by atoms with E-state index in [1.807, 2.05) is 0 Å². The third kappa shape index (κ3) is 0.641. The standard InChI is InChI=1S/C4H5NO3/c6-4-3(5-7)1-2-8-4/h7H,1-2H2. The minimum Gasteiger partial charge on any atom is -0.461 e. The highest BCUT2D eigenvalue weighted by Gasteiger charge is 2.20. The first-order valence-electron chi connectivity index (χ1n) is 2.22. The monoisotopic (exact) mass is 115 g/mol. The van der Waals surface area contributed by atoms with E-state index >= 15 is 0 Å². The molecular formula is C4H5NO3. The Labute approximate surface area is 45.7 Å². The molecule has 44 valence electrons. The Morgan fingerprint density at radius 3 is 2.75 bits per heavy atom. The molecule has 8 heavy (non-hydrogen) atoms. The van der Waals surface area contributed by atoms with Gasteiger partial charge < -0.3 is 9.94 Å². The number of hydrogen-bond acceptors (Lipinski definition) is 4. The van der Waals surface area contributed by atoms with Crippen molar-refractivity contribution in [2.75, 3.05) is 6.61 Å². The van der Waals surface area contributed by atoms with Crippen molar-refractivity contribution in [3.05, 3.63) is 0 Å². The summed E-state index contributed by atoms with van der Waals surface area (Å²) >= 11 is 0. The first-order chi connectivity index (χ1) is 3.84. The highest BCUT2D eigenvalue weighted by molar-refractivity contribution is 6.37. The molecule has 0 aromatic rings. The normalized spacial score (nSPS) is 24.0. The van der Waals surface area contributed by atoms with Gasteiger partial charge in [0.15, 0.2) is 5.71 Å². The highest BCUT2D eigenvalue weighted by atomic mass is 16.5. The third-order valence-corrected chi connectivity index (χ3v) is 0.928. The van der Waals surface area contributed by atoms with Gasteiger partial charge in [0.25, 0.3) is 0 Å². The Morgan fingerprint density at radius 1 is 1.75 bits per heavy atom. The fraction of sp³-hybridized carbons (Fsp3) is 0.500. The van der Waals surface area contributed by atoms with Gasteiger partial charge in [-0.25, -0.2) is 4.79 Å². The van der Waals surface area contributed by atoms with E-state index in [9.17, 15) is 4.79 Å². The molecule has 0 atom stereocenters. The van der Waals surface area contributed by atoms with E-state index < -0.39 is 5.97 Å². The van der Waals surface area contributed by atoms with Crippen molar-refractivity contribution < 1.29 is 14.7 Å². The van der Waals surface area contributed by atoms with Crippen LogP contribution in [-0.2, 0) is 9.53 Å². The van der Waals surface area contributed by atoms with Crippen LogP contribution in [-0.4, -0.2) is 23.5 Å². The largest absolute Gasteiger partial charge is 0.461 e. The summed E-state index contributed by atoms with van der Waals surface area (Å²) < 4.78 is 4.43. The summed E-state index contributed by atoms with van der Waals surface area (Å²) in [5.74, 6) is -0.507. The Kier molecular flexibility index (Phi) is 1.15. The molecule has 0 amide bonds. The van der Waals surface area contributed by atoms with E-state index in [-0.39, 0.29) is 5.71 Å².